The van der Waals surface area contributed by atoms with Crippen LogP contribution in [0.4, 0.5) is 5.82 Å². The van der Waals surface area contributed by atoms with Crippen molar-refractivity contribution < 1.29 is 4.52 Å². The van der Waals surface area contributed by atoms with Gasteiger partial charge in [-0.1, -0.05) is 39.3 Å². The second-order valence-electron chi connectivity index (χ2n) is 4.22. The first-order chi connectivity index (χ1) is 9.18. The molecule has 2 aromatic heterocycles. The van der Waals surface area contributed by atoms with Gasteiger partial charge in [0, 0.05) is 21.0 Å². The highest BCUT2D eigenvalue weighted by Gasteiger charge is 2.20. The number of nitrogens with zero attached hydrogens (tertiary/aromatic N) is 1. The molecule has 5 heteroatoms. The SMILES string of the molecule is Cc1cscc1-c1onc(N)c1-c1ccccc1Br. The summed E-state index contributed by atoms with van der Waals surface area (Å²) in [4.78, 5) is 0. The lowest BCUT2D eigenvalue weighted by Gasteiger charge is -2.04. The van der Waals surface area contributed by atoms with Crippen LogP contribution in [-0.2, 0) is 0 Å². The Kier molecular flexibility index (Phi) is 3.16. The van der Waals surface area contributed by atoms with E-state index >= 15 is 0 Å². The molecule has 3 aromatic rings. The van der Waals surface area contributed by atoms with Gasteiger partial charge in [0.25, 0.3) is 0 Å². The molecule has 0 saturated carbocycles. The summed E-state index contributed by atoms with van der Waals surface area (Å²) in [6, 6.07) is 7.91. The van der Waals surface area contributed by atoms with Crippen LogP contribution in [0.5, 0.6) is 0 Å². The van der Waals surface area contributed by atoms with Crippen molar-refractivity contribution in [3.05, 3.63) is 45.1 Å². The molecule has 0 saturated heterocycles. The normalized spacial score (nSPS) is 10.8. The molecule has 0 unspecified atom stereocenters. The Bertz CT molecular complexity index is 733. The predicted octanol–water partition coefficient (Wildman–Crippen LogP) is 4.72. The number of hydrogen-bond donors (Lipinski definition) is 1. The van der Waals surface area contributed by atoms with Crippen LogP contribution in [0.15, 0.2) is 44.0 Å². The second kappa shape index (κ2) is 4.83. The molecule has 3 nitrogen and oxygen atoms in total. The molecule has 0 amide bonds. The van der Waals surface area contributed by atoms with Crippen LogP contribution < -0.4 is 5.73 Å². The molecule has 0 fully saturated rings. The fourth-order valence-electron chi connectivity index (χ4n) is 2.00. The molecule has 96 valence electrons. The number of aromatic nitrogens is 1. The number of nitrogen functional groups attached to an aromatic ring is 1. The van der Waals surface area contributed by atoms with Crippen molar-refractivity contribution >= 4 is 33.1 Å². The third-order valence-electron chi connectivity index (χ3n) is 2.96. The standard InChI is InChI=1S/C14H11BrN2OS/c1-8-6-19-7-10(8)13-12(14(16)17-18-13)9-4-2-3-5-11(9)15/h2-7H,1H3,(H2,16,17). The number of thiophene rings is 1. The lowest BCUT2D eigenvalue weighted by atomic mass is 10.0. The maximum atomic E-state index is 5.98. The minimum atomic E-state index is 0.410. The van der Waals surface area contributed by atoms with E-state index in [1.807, 2.05) is 31.2 Å². The summed E-state index contributed by atoms with van der Waals surface area (Å²) in [6.45, 7) is 2.05. The molecule has 0 radical (unpaired) electrons. The topological polar surface area (TPSA) is 52.0 Å². The van der Waals surface area contributed by atoms with E-state index < -0.39 is 0 Å². The average Bonchev–Trinajstić information content (AvgIpc) is 2.96. The summed E-state index contributed by atoms with van der Waals surface area (Å²) in [5.74, 6) is 1.13. The first-order valence-corrected chi connectivity index (χ1v) is 7.45. The first-order valence-electron chi connectivity index (χ1n) is 5.71. The number of nitrogens with two attached hydrogens (primary N) is 1. The van der Waals surface area contributed by atoms with Gasteiger partial charge in [0.1, 0.15) is 0 Å². The number of halogens is 1. The zero-order chi connectivity index (χ0) is 13.4. The minimum absolute atomic E-state index is 0.410. The zero-order valence-electron chi connectivity index (χ0n) is 10.2. The van der Waals surface area contributed by atoms with Crippen LogP contribution in [0.3, 0.4) is 0 Å². The maximum Gasteiger partial charge on any atom is 0.178 e. The van der Waals surface area contributed by atoms with E-state index in [2.05, 4.69) is 31.8 Å². The van der Waals surface area contributed by atoms with E-state index in [0.29, 0.717) is 5.82 Å². The Morgan fingerprint density at radius 3 is 2.68 bits per heavy atom. The maximum absolute atomic E-state index is 5.98. The van der Waals surface area contributed by atoms with Crippen molar-refractivity contribution in [2.24, 2.45) is 0 Å². The highest BCUT2D eigenvalue weighted by atomic mass is 79.9. The molecule has 0 aliphatic carbocycles. The Morgan fingerprint density at radius 2 is 2.00 bits per heavy atom. The third kappa shape index (κ3) is 2.09. The van der Waals surface area contributed by atoms with E-state index in [1.165, 1.54) is 0 Å². The van der Waals surface area contributed by atoms with Crippen molar-refractivity contribution in [2.75, 3.05) is 5.73 Å². The summed E-state index contributed by atoms with van der Waals surface area (Å²) in [6.07, 6.45) is 0. The van der Waals surface area contributed by atoms with Gasteiger partial charge in [0.2, 0.25) is 0 Å². The number of hydrogen-bond acceptors (Lipinski definition) is 4. The van der Waals surface area contributed by atoms with Crippen LogP contribution in [0.2, 0.25) is 0 Å². The monoisotopic (exact) mass is 334 g/mol. The molecule has 0 aliphatic heterocycles. The summed E-state index contributed by atoms with van der Waals surface area (Å²) >= 11 is 5.18. The van der Waals surface area contributed by atoms with Crippen molar-refractivity contribution in [3.8, 4) is 22.5 Å². The van der Waals surface area contributed by atoms with E-state index in [0.717, 1.165) is 32.5 Å². The van der Waals surface area contributed by atoms with Gasteiger partial charge < -0.3 is 10.3 Å². The molecule has 0 aliphatic rings. The highest BCUT2D eigenvalue weighted by Crippen LogP contribution is 2.41. The molecule has 19 heavy (non-hydrogen) atoms. The van der Waals surface area contributed by atoms with E-state index in [-0.39, 0.29) is 0 Å². The summed E-state index contributed by atoms with van der Waals surface area (Å²) in [5.41, 5.74) is 10.0. The van der Waals surface area contributed by atoms with Crippen LogP contribution in [-0.4, -0.2) is 5.16 Å². The molecule has 0 bridgehead atoms. The lowest BCUT2D eigenvalue weighted by molar-refractivity contribution is 0.436. The third-order valence-corrected chi connectivity index (χ3v) is 4.51. The smallest absolute Gasteiger partial charge is 0.178 e. The highest BCUT2D eigenvalue weighted by molar-refractivity contribution is 9.10. The lowest BCUT2D eigenvalue weighted by Crippen LogP contribution is -1.89. The van der Waals surface area contributed by atoms with Crippen molar-refractivity contribution in [1.82, 2.24) is 5.16 Å². The summed E-state index contributed by atoms with van der Waals surface area (Å²) < 4.78 is 6.41. The van der Waals surface area contributed by atoms with Gasteiger partial charge in [0.15, 0.2) is 11.6 Å². The van der Waals surface area contributed by atoms with Gasteiger partial charge in [-0.05, 0) is 23.9 Å². The molecule has 1 aromatic carbocycles. The van der Waals surface area contributed by atoms with Gasteiger partial charge in [-0.25, -0.2) is 0 Å². The number of benzene rings is 1. The van der Waals surface area contributed by atoms with Gasteiger partial charge in [-0.3, -0.25) is 0 Å². The molecule has 2 heterocycles. The molecule has 2 N–H and O–H groups in total. The molecule has 0 atom stereocenters. The predicted molar refractivity (Wildman–Crippen MR) is 82.1 cm³/mol. The van der Waals surface area contributed by atoms with Crippen molar-refractivity contribution in [1.29, 1.82) is 0 Å². The van der Waals surface area contributed by atoms with Crippen molar-refractivity contribution in [2.45, 2.75) is 6.92 Å². The van der Waals surface area contributed by atoms with Crippen LogP contribution in [0.1, 0.15) is 5.56 Å². The fraction of sp³-hybridized carbons (Fsp3) is 0.0714. The van der Waals surface area contributed by atoms with E-state index in [1.54, 1.807) is 11.3 Å². The van der Waals surface area contributed by atoms with Gasteiger partial charge in [-0.15, -0.1) is 0 Å². The first kappa shape index (κ1) is 12.4. The van der Waals surface area contributed by atoms with Gasteiger partial charge in [-0.2, -0.15) is 11.3 Å². The Labute approximate surface area is 123 Å². The van der Waals surface area contributed by atoms with Crippen LogP contribution in [0, 0.1) is 6.92 Å². The minimum Gasteiger partial charge on any atom is -0.380 e. The largest absolute Gasteiger partial charge is 0.380 e. The van der Waals surface area contributed by atoms with E-state index in [9.17, 15) is 0 Å². The zero-order valence-corrected chi connectivity index (χ0v) is 12.6. The quantitative estimate of drug-likeness (QED) is 0.737. The molecular weight excluding hydrogens is 324 g/mol. The molecule has 0 spiro atoms. The van der Waals surface area contributed by atoms with Gasteiger partial charge in [0.05, 0.1) is 5.56 Å². The Balaban J connectivity index is 2.26. The Morgan fingerprint density at radius 1 is 1.21 bits per heavy atom. The second-order valence-corrected chi connectivity index (χ2v) is 5.82. The average molecular weight is 335 g/mol. The Hall–Kier alpha value is -1.59. The number of aryl methyl sites for hydroxylation is 1. The molecule has 3 rings (SSSR count). The fourth-order valence-corrected chi connectivity index (χ4v) is 3.31. The number of rotatable bonds is 2. The van der Waals surface area contributed by atoms with Crippen LogP contribution in [0.25, 0.3) is 22.5 Å². The van der Waals surface area contributed by atoms with Gasteiger partial charge >= 0.3 is 0 Å². The summed E-state index contributed by atoms with van der Waals surface area (Å²) in [5, 5.41) is 8.05. The van der Waals surface area contributed by atoms with Crippen molar-refractivity contribution in [3.63, 3.8) is 0 Å². The molecular formula is C14H11BrN2OS. The van der Waals surface area contributed by atoms with Crippen LogP contribution >= 0.6 is 27.3 Å². The van der Waals surface area contributed by atoms with E-state index in [4.69, 9.17) is 10.3 Å². The number of anilines is 1. The summed E-state index contributed by atoms with van der Waals surface area (Å²) in [7, 11) is 0.